The molecule has 0 aromatic carbocycles. The topological polar surface area (TPSA) is 46.5 Å². The number of alkyl halides is 2. The van der Waals surface area contributed by atoms with Crippen molar-refractivity contribution in [3.8, 4) is 0 Å². The predicted molar refractivity (Wildman–Crippen MR) is 58.7 cm³/mol. The number of allylic oxidation sites excluding steroid dienone is 3. The summed E-state index contributed by atoms with van der Waals surface area (Å²) in [6.45, 7) is 3.47. The number of carboxylic acid groups (broad SMARTS) is 1. The molecular weight excluding hydrogens is 230 g/mol. The summed E-state index contributed by atoms with van der Waals surface area (Å²) < 4.78 is 31.2. The minimum atomic E-state index is -2.96. The fraction of sp³-hybridized carbons (Fsp3) is 0.583. The summed E-state index contributed by atoms with van der Waals surface area (Å²) in [7, 11) is 1.28. The zero-order valence-corrected chi connectivity index (χ0v) is 10.0. The molecule has 0 aliphatic heterocycles. The maximum Gasteiger partial charge on any atom is 0.311 e. The molecule has 0 saturated heterocycles. The molecule has 1 atom stereocenters. The average molecular weight is 246 g/mol. The van der Waals surface area contributed by atoms with Gasteiger partial charge in [-0.2, -0.15) is 0 Å². The Morgan fingerprint density at radius 2 is 2.12 bits per heavy atom. The summed E-state index contributed by atoms with van der Waals surface area (Å²) in [5, 5.41) is 9.13. The molecule has 1 aliphatic carbocycles. The molecule has 0 aromatic heterocycles. The van der Waals surface area contributed by atoms with Crippen LogP contribution in [0.1, 0.15) is 20.3 Å². The number of hydrogen-bond donors (Lipinski definition) is 1. The zero-order chi connectivity index (χ0) is 13.2. The SMILES string of the molecule is COC1=C(C(C(=O)O)C(C)C)C=CC(F)(F)C1. The summed E-state index contributed by atoms with van der Waals surface area (Å²) >= 11 is 0. The van der Waals surface area contributed by atoms with Crippen LogP contribution >= 0.6 is 0 Å². The number of carbonyl (C=O) groups is 1. The van der Waals surface area contributed by atoms with E-state index < -0.39 is 24.2 Å². The van der Waals surface area contributed by atoms with Crippen LogP contribution in [0, 0.1) is 11.8 Å². The Balaban J connectivity index is 3.14. The number of methoxy groups -OCH3 is 1. The van der Waals surface area contributed by atoms with E-state index in [2.05, 4.69) is 0 Å². The zero-order valence-electron chi connectivity index (χ0n) is 10.0. The molecule has 1 N–H and O–H groups in total. The Labute approximate surface area is 98.8 Å². The number of hydrogen-bond acceptors (Lipinski definition) is 2. The van der Waals surface area contributed by atoms with Crippen LogP contribution in [0.5, 0.6) is 0 Å². The van der Waals surface area contributed by atoms with E-state index in [9.17, 15) is 13.6 Å². The first-order valence-corrected chi connectivity index (χ1v) is 5.35. The van der Waals surface area contributed by atoms with Crippen LogP contribution in [-0.4, -0.2) is 24.1 Å². The van der Waals surface area contributed by atoms with Gasteiger partial charge in [0.05, 0.1) is 19.4 Å². The average Bonchev–Trinajstić information content (AvgIpc) is 2.19. The molecule has 0 amide bonds. The lowest BCUT2D eigenvalue weighted by Gasteiger charge is -2.26. The maximum absolute atomic E-state index is 13.1. The number of halogens is 2. The number of aliphatic carboxylic acids is 1. The summed E-state index contributed by atoms with van der Waals surface area (Å²) in [5.41, 5.74) is 0.334. The van der Waals surface area contributed by atoms with Gasteiger partial charge in [-0.25, -0.2) is 8.78 Å². The second-order valence-electron chi connectivity index (χ2n) is 4.41. The number of carboxylic acids is 1. The molecule has 3 nitrogen and oxygen atoms in total. The Morgan fingerprint density at radius 3 is 2.53 bits per heavy atom. The molecular formula is C12H16F2O3. The molecule has 0 saturated carbocycles. The highest BCUT2D eigenvalue weighted by atomic mass is 19.3. The quantitative estimate of drug-likeness (QED) is 0.829. The Morgan fingerprint density at radius 1 is 1.53 bits per heavy atom. The minimum Gasteiger partial charge on any atom is -0.501 e. The van der Waals surface area contributed by atoms with E-state index in [0.29, 0.717) is 5.57 Å². The minimum absolute atomic E-state index is 0.0543. The molecule has 1 rings (SSSR count). The Hall–Kier alpha value is -1.39. The van der Waals surface area contributed by atoms with E-state index >= 15 is 0 Å². The Bertz CT molecular complexity index is 370. The normalized spacial score (nSPS) is 20.6. The van der Waals surface area contributed by atoms with Crippen LogP contribution in [0.25, 0.3) is 0 Å². The van der Waals surface area contributed by atoms with Gasteiger partial charge in [-0.15, -0.1) is 0 Å². The number of ether oxygens (including phenoxy) is 1. The van der Waals surface area contributed by atoms with Crippen molar-refractivity contribution in [2.75, 3.05) is 7.11 Å². The first-order chi connectivity index (χ1) is 7.78. The maximum atomic E-state index is 13.1. The summed E-state index contributed by atoms with van der Waals surface area (Å²) in [6, 6.07) is 0. The molecule has 0 radical (unpaired) electrons. The number of rotatable bonds is 4. The van der Waals surface area contributed by atoms with Crippen molar-refractivity contribution < 1.29 is 23.4 Å². The van der Waals surface area contributed by atoms with Gasteiger partial charge in [0.1, 0.15) is 5.76 Å². The molecule has 1 unspecified atom stereocenters. The van der Waals surface area contributed by atoms with Gasteiger partial charge in [-0.3, -0.25) is 4.79 Å². The van der Waals surface area contributed by atoms with E-state index in [1.54, 1.807) is 13.8 Å². The van der Waals surface area contributed by atoms with Crippen LogP contribution in [-0.2, 0) is 9.53 Å². The second kappa shape index (κ2) is 4.85. The first-order valence-electron chi connectivity index (χ1n) is 5.35. The van der Waals surface area contributed by atoms with Gasteiger partial charge in [0, 0.05) is 5.57 Å². The smallest absolute Gasteiger partial charge is 0.311 e. The third-order valence-corrected chi connectivity index (χ3v) is 2.74. The fourth-order valence-corrected chi connectivity index (χ4v) is 1.92. The van der Waals surface area contributed by atoms with Gasteiger partial charge in [-0.1, -0.05) is 19.9 Å². The standard InChI is InChI=1S/C12H16F2O3/c1-7(2)10(11(15)16)8-4-5-12(13,14)6-9(8)17-3/h4-5,7,10H,6H2,1-3H3,(H,15,16). The van der Waals surface area contributed by atoms with E-state index in [1.807, 2.05) is 0 Å². The van der Waals surface area contributed by atoms with Crippen LogP contribution in [0.3, 0.4) is 0 Å². The monoisotopic (exact) mass is 246 g/mol. The fourth-order valence-electron chi connectivity index (χ4n) is 1.92. The lowest BCUT2D eigenvalue weighted by atomic mass is 9.84. The molecule has 0 aromatic rings. The highest BCUT2D eigenvalue weighted by molar-refractivity contribution is 5.75. The van der Waals surface area contributed by atoms with E-state index in [0.717, 1.165) is 6.08 Å². The van der Waals surface area contributed by atoms with E-state index in [1.165, 1.54) is 13.2 Å². The van der Waals surface area contributed by atoms with Crippen molar-refractivity contribution in [2.45, 2.75) is 26.2 Å². The predicted octanol–water partition coefficient (Wildman–Crippen LogP) is 2.84. The largest absolute Gasteiger partial charge is 0.501 e. The van der Waals surface area contributed by atoms with Crippen LogP contribution in [0.2, 0.25) is 0 Å². The highest BCUT2D eigenvalue weighted by Crippen LogP contribution is 2.36. The van der Waals surface area contributed by atoms with Crippen molar-refractivity contribution in [2.24, 2.45) is 11.8 Å². The lowest BCUT2D eigenvalue weighted by molar-refractivity contribution is -0.141. The van der Waals surface area contributed by atoms with Gasteiger partial charge >= 0.3 is 5.97 Å². The highest BCUT2D eigenvalue weighted by Gasteiger charge is 2.36. The van der Waals surface area contributed by atoms with Gasteiger partial charge in [0.25, 0.3) is 5.92 Å². The molecule has 5 heteroatoms. The second-order valence-corrected chi connectivity index (χ2v) is 4.41. The third kappa shape index (κ3) is 3.05. The molecule has 0 bridgehead atoms. The van der Waals surface area contributed by atoms with E-state index in [4.69, 9.17) is 9.84 Å². The lowest BCUT2D eigenvalue weighted by Crippen LogP contribution is -2.27. The summed E-state index contributed by atoms with van der Waals surface area (Å²) in [4.78, 5) is 11.2. The molecule has 0 spiro atoms. The van der Waals surface area contributed by atoms with Crippen molar-refractivity contribution in [3.05, 3.63) is 23.5 Å². The van der Waals surface area contributed by atoms with Crippen molar-refractivity contribution in [1.82, 2.24) is 0 Å². The first kappa shape index (κ1) is 13.7. The molecule has 96 valence electrons. The Kier molecular flexibility index (Phi) is 3.91. The van der Waals surface area contributed by atoms with Gasteiger partial charge in [0.2, 0.25) is 0 Å². The molecule has 1 aliphatic rings. The van der Waals surface area contributed by atoms with Crippen LogP contribution in [0.4, 0.5) is 8.78 Å². The molecule has 17 heavy (non-hydrogen) atoms. The third-order valence-electron chi connectivity index (χ3n) is 2.74. The molecule has 0 fully saturated rings. The van der Waals surface area contributed by atoms with Crippen molar-refractivity contribution >= 4 is 5.97 Å². The van der Waals surface area contributed by atoms with Gasteiger partial charge in [-0.05, 0) is 12.0 Å². The van der Waals surface area contributed by atoms with Crippen molar-refractivity contribution in [3.63, 3.8) is 0 Å². The van der Waals surface area contributed by atoms with E-state index in [-0.39, 0.29) is 11.7 Å². The van der Waals surface area contributed by atoms with Gasteiger partial charge < -0.3 is 9.84 Å². The summed E-state index contributed by atoms with van der Waals surface area (Å²) in [5.74, 6) is -4.95. The summed E-state index contributed by atoms with van der Waals surface area (Å²) in [6.07, 6.45) is 1.33. The van der Waals surface area contributed by atoms with Crippen molar-refractivity contribution in [1.29, 1.82) is 0 Å². The van der Waals surface area contributed by atoms with Crippen LogP contribution in [0.15, 0.2) is 23.5 Å². The molecule has 0 heterocycles. The van der Waals surface area contributed by atoms with Crippen LogP contribution < -0.4 is 0 Å². The van der Waals surface area contributed by atoms with Gasteiger partial charge in [0.15, 0.2) is 0 Å².